The lowest BCUT2D eigenvalue weighted by Gasteiger charge is -2.16. The molecule has 84 valence electrons. The highest BCUT2D eigenvalue weighted by Crippen LogP contribution is 2.15. The minimum absolute atomic E-state index is 0.0914. The van der Waals surface area contributed by atoms with E-state index in [9.17, 15) is 4.79 Å². The molecular weight excluding hydrogens is 174 g/mol. The molecule has 0 bridgehead atoms. The molecule has 2 N–H and O–H groups in total. The lowest BCUT2D eigenvalue weighted by molar-refractivity contribution is -0.123. The molecule has 0 aliphatic heterocycles. The number of hydrogen-bond acceptors (Lipinski definition) is 2. The number of ketones is 1. The van der Waals surface area contributed by atoms with Gasteiger partial charge in [-0.15, -0.1) is 0 Å². The van der Waals surface area contributed by atoms with Crippen molar-refractivity contribution in [3.8, 4) is 0 Å². The van der Waals surface area contributed by atoms with Gasteiger partial charge < -0.3 is 5.73 Å². The van der Waals surface area contributed by atoms with Crippen molar-refractivity contribution in [2.24, 2.45) is 23.5 Å². The van der Waals surface area contributed by atoms with Gasteiger partial charge in [-0.3, -0.25) is 4.79 Å². The molecular formula is C12H25NO. The second-order valence-electron chi connectivity index (χ2n) is 4.96. The standard InChI is InChI=1S/C12H25NO/c1-9(2)5-6-12(14)11(8-13)7-10(3)4/h9-11H,5-8,13H2,1-4H3. The van der Waals surface area contributed by atoms with Gasteiger partial charge in [-0.05, 0) is 24.7 Å². The highest BCUT2D eigenvalue weighted by atomic mass is 16.1. The van der Waals surface area contributed by atoms with E-state index < -0.39 is 0 Å². The Morgan fingerprint density at radius 1 is 1.14 bits per heavy atom. The summed E-state index contributed by atoms with van der Waals surface area (Å²) in [5.41, 5.74) is 5.61. The fourth-order valence-corrected chi connectivity index (χ4v) is 1.56. The van der Waals surface area contributed by atoms with Crippen LogP contribution in [0.1, 0.15) is 47.0 Å². The predicted octanol–water partition coefficient (Wildman–Crippen LogP) is 2.61. The summed E-state index contributed by atoms with van der Waals surface area (Å²) in [5.74, 6) is 1.62. The molecule has 0 aliphatic carbocycles. The van der Waals surface area contributed by atoms with Gasteiger partial charge in [-0.1, -0.05) is 27.7 Å². The van der Waals surface area contributed by atoms with Crippen molar-refractivity contribution in [2.45, 2.75) is 47.0 Å². The van der Waals surface area contributed by atoms with Crippen molar-refractivity contribution in [2.75, 3.05) is 6.54 Å². The van der Waals surface area contributed by atoms with Crippen molar-refractivity contribution >= 4 is 5.78 Å². The summed E-state index contributed by atoms with van der Waals surface area (Å²) in [6.45, 7) is 9.08. The molecule has 0 fully saturated rings. The van der Waals surface area contributed by atoms with Crippen LogP contribution in [0, 0.1) is 17.8 Å². The van der Waals surface area contributed by atoms with E-state index in [0.717, 1.165) is 12.8 Å². The Labute approximate surface area is 88.3 Å². The van der Waals surface area contributed by atoms with E-state index in [1.807, 2.05) is 0 Å². The minimum atomic E-state index is 0.0914. The zero-order chi connectivity index (χ0) is 11.1. The Hall–Kier alpha value is -0.370. The van der Waals surface area contributed by atoms with E-state index >= 15 is 0 Å². The molecule has 2 nitrogen and oxygen atoms in total. The molecule has 0 spiro atoms. The molecule has 0 amide bonds. The number of Topliss-reactive ketones (excluding diaryl/α,β-unsaturated/α-hetero) is 1. The predicted molar refractivity (Wildman–Crippen MR) is 61.1 cm³/mol. The molecule has 1 atom stereocenters. The summed E-state index contributed by atoms with van der Waals surface area (Å²) in [7, 11) is 0. The first kappa shape index (κ1) is 13.6. The maximum Gasteiger partial charge on any atom is 0.137 e. The van der Waals surface area contributed by atoms with Gasteiger partial charge in [0.05, 0.1) is 0 Å². The molecule has 0 rings (SSSR count). The molecule has 0 saturated heterocycles. The molecule has 0 saturated carbocycles. The lowest BCUT2D eigenvalue weighted by atomic mass is 9.90. The summed E-state index contributed by atoms with van der Waals surface area (Å²) in [5, 5.41) is 0. The van der Waals surface area contributed by atoms with E-state index in [1.54, 1.807) is 0 Å². The van der Waals surface area contributed by atoms with Crippen LogP contribution < -0.4 is 5.73 Å². The van der Waals surface area contributed by atoms with Gasteiger partial charge in [0.2, 0.25) is 0 Å². The molecule has 0 aromatic carbocycles. The van der Waals surface area contributed by atoms with E-state index in [0.29, 0.717) is 30.6 Å². The number of nitrogens with two attached hydrogens (primary N) is 1. The largest absolute Gasteiger partial charge is 0.330 e. The first-order valence-corrected chi connectivity index (χ1v) is 5.70. The maximum atomic E-state index is 11.7. The minimum Gasteiger partial charge on any atom is -0.330 e. The first-order chi connectivity index (χ1) is 6.47. The second kappa shape index (κ2) is 6.99. The Bertz CT molecular complexity index is 164. The van der Waals surface area contributed by atoms with Crippen LogP contribution in [0.5, 0.6) is 0 Å². The van der Waals surface area contributed by atoms with Gasteiger partial charge in [0.25, 0.3) is 0 Å². The third-order valence-corrected chi connectivity index (χ3v) is 2.46. The topological polar surface area (TPSA) is 43.1 Å². The van der Waals surface area contributed by atoms with E-state index in [1.165, 1.54) is 0 Å². The van der Waals surface area contributed by atoms with Crippen LogP contribution in [0.15, 0.2) is 0 Å². The molecule has 0 aromatic rings. The van der Waals surface area contributed by atoms with Gasteiger partial charge in [0.1, 0.15) is 5.78 Å². The van der Waals surface area contributed by atoms with Crippen LogP contribution in [0.2, 0.25) is 0 Å². The molecule has 0 heterocycles. The summed E-state index contributed by atoms with van der Waals surface area (Å²) in [6.07, 6.45) is 2.63. The maximum absolute atomic E-state index is 11.7. The molecule has 14 heavy (non-hydrogen) atoms. The monoisotopic (exact) mass is 199 g/mol. The highest BCUT2D eigenvalue weighted by molar-refractivity contribution is 5.81. The Morgan fingerprint density at radius 3 is 2.07 bits per heavy atom. The lowest BCUT2D eigenvalue weighted by Crippen LogP contribution is -2.25. The van der Waals surface area contributed by atoms with Crippen molar-refractivity contribution in [3.05, 3.63) is 0 Å². The summed E-state index contributed by atoms with van der Waals surface area (Å²) >= 11 is 0. The molecule has 2 heteroatoms. The van der Waals surface area contributed by atoms with Crippen molar-refractivity contribution < 1.29 is 4.79 Å². The third-order valence-electron chi connectivity index (χ3n) is 2.46. The zero-order valence-electron chi connectivity index (χ0n) is 10.0. The number of rotatable bonds is 7. The van der Waals surface area contributed by atoms with E-state index in [-0.39, 0.29) is 5.92 Å². The van der Waals surface area contributed by atoms with Gasteiger partial charge in [0.15, 0.2) is 0 Å². The average molecular weight is 199 g/mol. The molecule has 1 unspecified atom stereocenters. The number of hydrogen-bond donors (Lipinski definition) is 1. The van der Waals surface area contributed by atoms with Crippen LogP contribution in [0.3, 0.4) is 0 Å². The smallest absolute Gasteiger partial charge is 0.137 e. The quantitative estimate of drug-likeness (QED) is 0.685. The van der Waals surface area contributed by atoms with Gasteiger partial charge >= 0.3 is 0 Å². The number of carbonyl (C=O) groups excluding carboxylic acids is 1. The normalized spacial score (nSPS) is 13.6. The van der Waals surface area contributed by atoms with E-state index in [4.69, 9.17) is 5.73 Å². The SMILES string of the molecule is CC(C)CCC(=O)C(CN)CC(C)C. The summed E-state index contributed by atoms with van der Waals surface area (Å²) in [6, 6.07) is 0. The van der Waals surface area contributed by atoms with Crippen molar-refractivity contribution in [3.63, 3.8) is 0 Å². The highest BCUT2D eigenvalue weighted by Gasteiger charge is 2.17. The second-order valence-corrected chi connectivity index (χ2v) is 4.96. The number of carbonyl (C=O) groups is 1. The van der Waals surface area contributed by atoms with Crippen molar-refractivity contribution in [1.29, 1.82) is 0 Å². The Morgan fingerprint density at radius 2 is 1.71 bits per heavy atom. The van der Waals surface area contributed by atoms with Crippen LogP contribution >= 0.6 is 0 Å². The summed E-state index contributed by atoms with van der Waals surface area (Å²) in [4.78, 5) is 11.7. The van der Waals surface area contributed by atoms with Crippen LogP contribution in [0.25, 0.3) is 0 Å². The fourth-order valence-electron chi connectivity index (χ4n) is 1.56. The third kappa shape index (κ3) is 6.14. The zero-order valence-corrected chi connectivity index (χ0v) is 10.0. The van der Waals surface area contributed by atoms with Gasteiger partial charge in [0, 0.05) is 18.9 Å². The van der Waals surface area contributed by atoms with Crippen molar-refractivity contribution in [1.82, 2.24) is 0 Å². The molecule has 0 radical (unpaired) electrons. The van der Waals surface area contributed by atoms with Crippen LogP contribution in [-0.4, -0.2) is 12.3 Å². The Balaban J connectivity index is 3.92. The molecule has 0 aromatic heterocycles. The summed E-state index contributed by atoms with van der Waals surface area (Å²) < 4.78 is 0. The fraction of sp³-hybridized carbons (Fsp3) is 0.917. The van der Waals surface area contributed by atoms with Gasteiger partial charge in [-0.2, -0.15) is 0 Å². The van der Waals surface area contributed by atoms with E-state index in [2.05, 4.69) is 27.7 Å². The molecule has 0 aliphatic rings. The van der Waals surface area contributed by atoms with Crippen LogP contribution in [-0.2, 0) is 4.79 Å². The van der Waals surface area contributed by atoms with Gasteiger partial charge in [-0.25, -0.2) is 0 Å². The first-order valence-electron chi connectivity index (χ1n) is 5.70. The van der Waals surface area contributed by atoms with Crippen LogP contribution in [0.4, 0.5) is 0 Å². The Kier molecular flexibility index (Phi) is 6.81. The average Bonchev–Trinajstić information content (AvgIpc) is 2.09.